The molecule has 0 aliphatic rings. The number of hydrogen-bond donors (Lipinski definition) is 2. The molecule has 0 spiro atoms. The van der Waals surface area contributed by atoms with Crippen LogP contribution >= 0.6 is 0 Å². The molecule has 0 radical (unpaired) electrons. The predicted octanol–water partition coefficient (Wildman–Crippen LogP) is 3.41. The first-order valence-corrected chi connectivity index (χ1v) is 8.64. The van der Waals surface area contributed by atoms with Crippen molar-refractivity contribution in [1.82, 2.24) is 9.97 Å². The number of carbonyl (C=O) groups is 1. The minimum atomic E-state index is -0.377. The van der Waals surface area contributed by atoms with Crippen molar-refractivity contribution in [1.29, 1.82) is 5.26 Å². The van der Waals surface area contributed by atoms with E-state index in [0.717, 1.165) is 11.1 Å². The molecule has 0 atom stereocenters. The number of carbonyl (C=O) groups excluding carboxylic acids is 1. The van der Waals surface area contributed by atoms with Crippen LogP contribution < -0.4 is 11.5 Å². The molecular formula is C21H19N5O2. The first-order valence-electron chi connectivity index (χ1n) is 8.64. The van der Waals surface area contributed by atoms with Gasteiger partial charge in [0.05, 0.1) is 17.4 Å². The first-order chi connectivity index (χ1) is 13.4. The average molecular weight is 373 g/mol. The second-order valence-corrected chi connectivity index (χ2v) is 6.38. The fourth-order valence-corrected chi connectivity index (χ4v) is 2.81. The van der Waals surface area contributed by atoms with Gasteiger partial charge in [0.15, 0.2) is 0 Å². The van der Waals surface area contributed by atoms with Crippen molar-refractivity contribution < 1.29 is 9.53 Å². The quantitative estimate of drug-likeness (QED) is 0.671. The standard InChI is InChI=1S/C21H19N5O2/c1-12(2)28-20(27)14-9-7-13(8-10-14)15-5-3-4-6-16(15)18-17(11-22)19(23)26-21(24)25-18/h3-10,12H,1-2H3,(H4,23,24,25,26). The van der Waals surface area contributed by atoms with Gasteiger partial charge in [-0.15, -0.1) is 0 Å². The highest BCUT2D eigenvalue weighted by Gasteiger charge is 2.17. The number of aromatic nitrogens is 2. The molecule has 7 heteroatoms. The molecule has 4 N–H and O–H groups in total. The lowest BCUT2D eigenvalue weighted by Gasteiger charge is -2.13. The molecule has 1 heterocycles. The Morgan fingerprint density at radius 3 is 2.29 bits per heavy atom. The highest BCUT2D eigenvalue weighted by molar-refractivity contribution is 5.91. The Labute approximate surface area is 162 Å². The number of nitrogens with zero attached hydrogens (tertiary/aromatic N) is 3. The fourth-order valence-electron chi connectivity index (χ4n) is 2.81. The van der Waals surface area contributed by atoms with E-state index in [-0.39, 0.29) is 29.4 Å². The van der Waals surface area contributed by atoms with Gasteiger partial charge in [-0.2, -0.15) is 10.2 Å². The lowest BCUT2D eigenvalue weighted by Crippen LogP contribution is -2.11. The molecule has 0 bridgehead atoms. The van der Waals surface area contributed by atoms with Crippen molar-refractivity contribution in [3.63, 3.8) is 0 Å². The van der Waals surface area contributed by atoms with Gasteiger partial charge in [0.25, 0.3) is 0 Å². The van der Waals surface area contributed by atoms with E-state index >= 15 is 0 Å². The van der Waals surface area contributed by atoms with Crippen molar-refractivity contribution in [2.24, 2.45) is 0 Å². The summed E-state index contributed by atoms with van der Waals surface area (Å²) in [6.07, 6.45) is -0.189. The maximum atomic E-state index is 12.0. The zero-order valence-corrected chi connectivity index (χ0v) is 15.5. The topological polar surface area (TPSA) is 128 Å². The van der Waals surface area contributed by atoms with Gasteiger partial charge in [-0.25, -0.2) is 9.78 Å². The molecule has 0 aliphatic heterocycles. The third-order valence-electron chi connectivity index (χ3n) is 4.02. The van der Waals surface area contributed by atoms with Crippen LogP contribution in [0.2, 0.25) is 0 Å². The third kappa shape index (κ3) is 3.76. The minimum absolute atomic E-state index is 0.00641. The second kappa shape index (κ2) is 7.76. The summed E-state index contributed by atoms with van der Waals surface area (Å²) in [5.41, 5.74) is 14.9. The monoisotopic (exact) mass is 373 g/mol. The molecule has 0 fully saturated rings. The second-order valence-electron chi connectivity index (χ2n) is 6.38. The van der Waals surface area contributed by atoms with Gasteiger partial charge >= 0.3 is 5.97 Å². The maximum Gasteiger partial charge on any atom is 0.338 e. The summed E-state index contributed by atoms with van der Waals surface area (Å²) in [6, 6.07) is 16.5. The number of ether oxygens (including phenoxy) is 1. The molecule has 0 saturated heterocycles. The fraction of sp³-hybridized carbons (Fsp3) is 0.143. The lowest BCUT2D eigenvalue weighted by atomic mass is 9.95. The van der Waals surface area contributed by atoms with E-state index in [2.05, 4.69) is 9.97 Å². The van der Waals surface area contributed by atoms with E-state index in [1.165, 1.54) is 0 Å². The minimum Gasteiger partial charge on any atom is -0.459 e. The van der Waals surface area contributed by atoms with Crippen molar-refractivity contribution in [3.05, 3.63) is 59.7 Å². The Kier molecular flexibility index (Phi) is 5.23. The Bertz CT molecular complexity index is 1070. The van der Waals surface area contributed by atoms with Crippen LogP contribution in [0.1, 0.15) is 29.8 Å². The van der Waals surface area contributed by atoms with Gasteiger partial charge in [0.2, 0.25) is 5.95 Å². The number of nitrogens with two attached hydrogens (primary N) is 2. The van der Waals surface area contributed by atoms with Crippen LogP contribution in [0.5, 0.6) is 0 Å². The number of nitrogen functional groups attached to an aromatic ring is 2. The summed E-state index contributed by atoms with van der Waals surface area (Å²) in [6.45, 7) is 3.60. The van der Waals surface area contributed by atoms with Crippen molar-refractivity contribution in [2.45, 2.75) is 20.0 Å². The van der Waals surface area contributed by atoms with Crippen molar-refractivity contribution in [3.8, 4) is 28.5 Å². The first kappa shape index (κ1) is 18.9. The van der Waals surface area contributed by atoms with E-state index in [9.17, 15) is 10.1 Å². The molecule has 0 saturated carbocycles. The number of benzene rings is 2. The van der Waals surface area contributed by atoms with Gasteiger partial charge in [0, 0.05) is 5.56 Å². The Morgan fingerprint density at radius 1 is 1.04 bits per heavy atom. The van der Waals surface area contributed by atoms with Crippen molar-refractivity contribution in [2.75, 3.05) is 11.5 Å². The number of anilines is 2. The molecule has 3 rings (SSSR count). The van der Waals surface area contributed by atoms with Crippen LogP contribution in [0.15, 0.2) is 48.5 Å². The van der Waals surface area contributed by atoms with Crippen molar-refractivity contribution >= 4 is 17.7 Å². The third-order valence-corrected chi connectivity index (χ3v) is 4.02. The molecule has 7 nitrogen and oxygen atoms in total. The van der Waals surface area contributed by atoms with Crippen LogP contribution in [0.25, 0.3) is 22.4 Å². The highest BCUT2D eigenvalue weighted by atomic mass is 16.5. The van der Waals surface area contributed by atoms with Crippen LogP contribution in [0.3, 0.4) is 0 Å². The molecule has 28 heavy (non-hydrogen) atoms. The molecule has 0 amide bonds. The number of nitriles is 1. The molecule has 0 unspecified atom stereocenters. The Morgan fingerprint density at radius 2 is 1.68 bits per heavy atom. The summed E-state index contributed by atoms with van der Waals surface area (Å²) in [7, 11) is 0. The largest absolute Gasteiger partial charge is 0.459 e. The normalized spacial score (nSPS) is 10.5. The average Bonchev–Trinajstić information content (AvgIpc) is 2.67. The Balaban J connectivity index is 2.08. The van der Waals surface area contributed by atoms with Gasteiger partial charge in [-0.1, -0.05) is 36.4 Å². The smallest absolute Gasteiger partial charge is 0.338 e. The molecule has 2 aromatic carbocycles. The SMILES string of the molecule is CC(C)OC(=O)c1ccc(-c2ccccc2-c2nc(N)nc(N)c2C#N)cc1. The van der Waals surface area contributed by atoms with Crippen LogP contribution in [-0.4, -0.2) is 22.0 Å². The van der Waals surface area contributed by atoms with Gasteiger partial charge in [-0.05, 0) is 37.1 Å². The van der Waals surface area contributed by atoms with Gasteiger partial charge in [-0.3, -0.25) is 0 Å². The summed E-state index contributed by atoms with van der Waals surface area (Å²) in [4.78, 5) is 20.1. The number of hydrogen-bond acceptors (Lipinski definition) is 7. The highest BCUT2D eigenvalue weighted by Crippen LogP contribution is 2.34. The molecule has 0 aliphatic carbocycles. The molecule has 140 valence electrons. The Hall–Kier alpha value is -3.92. The predicted molar refractivity (Wildman–Crippen MR) is 107 cm³/mol. The van der Waals surface area contributed by atoms with Crippen LogP contribution in [-0.2, 0) is 4.74 Å². The van der Waals surface area contributed by atoms with E-state index < -0.39 is 0 Å². The molecule has 1 aromatic heterocycles. The van der Waals surface area contributed by atoms with E-state index in [1.807, 2.05) is 42.5 Å². The summed E-state index contributed by atoms with van der Waals surface area (Å²) in [5.74, 6) is -0.349. The van der Waals surface area contributed by atoms with Crippen LogP contribution in [0, 0.1) is 11.3 Å². The molecule has 3 aromatic rings. The zero-order chi connectivity index (χ0) is 20.3. The van der Waals surface area contributed by atoms with E-state index in [1.54, 1.807) is 26.0 Å². The number of esters is 1. The van der Waals surface area contributed by atoms with Gasteiger partial charge < -0.3 is 16.2 Å². The molecular weight excluding hydrogens is 354 g/mol. The summed E-state index contributed by atoms with van der Waals surface area (Å²) in [5, 5.41) is 9.48. The summed E-state index contributed by atoms with van der Waals surface area (Å²) < 4.78 is 5.21. The lowest BCUT2D eigenvalue weighted by molar-refractivity contribution is 0.0378. The van der Waals surface area contributed by atoms with Gasteiger partial charge in [0.1, 0.15) is 17.5 Å². The van der Waals surface area contributed by atoms with Crippen LogP contribution in [0.4, 0.5) is 11.8 Å². The van der Waals surface area contributed by atoms with E-state index in [0.29, 0.717) is 16.8 Å². The van der Waals surface area contributed by atoms with E-state index in [4.69, 9.17) is 16.2 Å². The number of rotatable bonds is 4. The summed E-state index contributed by atoms with van der Waals surface area (Å²) >= 11 is 0. The maximum absolute atomic E-state index is 12.0. The zero-order valence-electron chi connectivity index (χ0n) is 15.5.